The highest BCUT2D eigenvalue weighted by Gasteiger charge is 2.31. The lowest BCUT2D eigenvalue weighted by Gasteiger charge is -2.23. The molecular weight excluding hydrogens is 662 g/mol. The topological polar surface area (TPSA) is 106 Å². The highest BCUT2D eigenvalue weighted by molar-refractivity contribution is 5.92. The lowest BCUT2D eigenvalue weighted by Crippen LogP contribution is -3.00. The van der Waals surface area contributed by atoms with Gasteiger partial charge in [-0.1, -0.05) is 6.07 Å². The van der Waals surface area contributed by atoms with Crippen molar-refractivity contribution >= 4 is 5.91 Å². The summed E-state index contributed by atoms with van der Waals surface area (Å²) >= 11 is 0. The van der Waals surface area contributed by atoms with Crippen LogP contribution in [0.4, 0.5) is 13.2 Å². The minimum absolute atomic E-state index is 0. The first-order valence-electron chi connectivity index (χ1n) is 12.7. The van der Waals surface area contributed by atoms with Crippen LogP contribution in [0.5, 0.6) is 0 Å². The van der Waals surface area contributed by atoms with Gasteiger partial charge in [0.2, 0.25) is 0 Å². The number of aromatic nitrogens is 4. The number of nitrogens with one attached hydrogen (secondary N) is 1. The second kappa shape index (κ2) is 12.9. The summed E-state index contributed by atoms with van der Waals surface area (Å²) in [6.07, 6.45) is -2.50. The van der Waals surface area contributed by atoms with Gasteiger partial charge in [0.1, 0.15) is 5.69 Å². The fraction of sp³-hybridized carbons (Fsp3) is 0.276. The van der Waals surface area contributed by atoms with E-state index >= 15 is 0 Å². The van der Waals surface area contributed by atoms with E-state index < -0.39 is 28.9 Å². The lowest BCUT2D eigenvalue weighted by molar-refractivity contribution is -0.870. The molecule has 0 unspecified atom stereocenters. The predicted octanol–water partition coefficient (Wildman–Crippen LogP) is 1.11. The van der Waals surface area contributed by atoms with Crippen LogP contribution in [-0.4, -0.2) is 64.0 Å². The zero-order valence-electron chi connectivity index (χ0n) is 23.4. The number of halogens is 4. The largest absolute Gasteiger partial charge is 1.00 e. The normalized spacial score (nSPS) is 11.5. The Bertz CT molecular complexity index is 1680. The second-order valence-corrected chi connectivity index (χ2v) is 10.5. The maximum atomic E-state index is 13.6. The number of carbonyl (C=O) groups excluding carboxylic acids is 1. The fourth-order valence-electron chi connectivity index (χ4n) is 4.33. The minimum atomic E-state index is -4.64. The Kier molecular flexibility index (Phi) is 9.95. The highest BCUT2D eigenvalue weighted by Crippen LogP contribution is 2.31. The molecule has 4 rings (SSSR count). The maximum absolute atomic E-state index is 13.6. The third-order valence-electron chi connectivity index (χ3n) is 6.37. The summed E-state index contributed by atoms with van der Waals surface area (Å²) in [5, 5.41) is 16.2. The molecule has 0 bridgehead atoms. The molecule has 0 atom stereocenters. The van der Waals surface area contributed by atoms with Crippen molar-refractivity contribution in [2.24, 2.45) is 0 Å². The van der Waals surface area contributed by atoms with E-state index in [1.165, 1.54) is 23.0 Å². The number of hydrogen-bond donors (Lipinski definition) is 1. The number of quaternary nitrogens is 1. The molecule has 0 aliphatic carbocycles. The number of alkyl halides is 3. The Hall–Kier alpha value is -4.03. The van der Waals surface area contributed by atoms with Gasteiger partial charge in [-0.05, 0) is 55.5 Å². The van der Waals surface area contributed by atoms with Crippen molar-refractivity contribution in [2.45, 2.75) is 19.5 Å². The van der Waals surface area contributed by atoms with Gasteiger partial charge in [-0.15, -0.1) is 0 Å². The van der Waals surface area contributed by atoms with Crippen LogP contribution in [0.15, 0.2) is 65.6 Å². The summed E-state index contributed by atoms with van der Waals surface area (Å²) in [6, 6.07) is 14.6. The molecule has 13 heteroatoms. The van der Waals surface area contributed by atoms with Gasteiger partial charge in [-0.25, -0.2) is 9.67 Å². The van der Waals surface area contributed by atoms with Gasteiger partial charge < -0.3 is 33.8 Å². The molecule has 2 heterocycles. The van der Waals surface area contributed by atoms with Gasteiger partial charge in [-0.2, -0.15) is 23.5 Å². The SMILES string of the molecule is Cc1c(-c2ccnn2-c2ccc(C#N)cc2)nc(C(=O)NCCC[N+](C)(C)C)c(=O)n1-c1cccc(C(F)(F)F)c1.[I-]. The summed E-state index contributed by atoms with van der Waals surface area (Å²) in [5.74, 6) is -0.733. The third-order valence-corrected chi connectivity index (χ3v) is 6.37. The van der Waals surface area contributed by atoms with Crippen LogP contribution in [0, 0.1) is 18.3 Å². The molecule has 0 saturated carbocycles. The summed E-state index contributed by atoms with van der Waals surface area (Å²) in [7, 11) is 6.04. The molecule has 0 radical (unpaired) electrons. The average molecular weight is 691 g/mol. The molecule has 0 fully saturated rings. The number of nitriles is 1. The predicted molar refractivity (Wildman–Crippen MR) is 147 cm³/mol. The van der Waals surface area contributed by atoms with Crippen LogP contribution < -0.4 is 34.9 Å². The van der Waals surface area contributed by atoms with Crippen molar-refractivity contribution in [2.75, 3.05) is 34.2 Å². The molecule has 2 aromatic carbocycles. The minimum Gasteiger partial charge on any atom is -1.00 e. The molecule has 1 amide bonds. The van der Waals surface area contributed by atoms with Crippen LogP contribution in [-0.2, 0) is 6.18 Å². The van der Waals surface area contributed by atoms with E-state index in [-0.39, 0.29) is 47.6 Å². The van der Waals surface area contributed by atoms with E-state index in [1.807, 2.05) is 27.2 Å². The molecule has 1 N–H and O–H groups in total. The number of nitrogens with zero attached hydrogens (tertiary/aromatic N) is 6. The molecule has 2 aromatic heterocycles. The monoisotopic (exact) mass is 691 g/mol. The molecule has 4 aromatic rings. The number of amides is 1. The zero-order chi connectivity index (χ0) is 29.9. The standard InChI is InChI=1S/C29H28F3N7O2.HI/c1-19-25(24-13-15-35-38(24)22-11-9-20(18-33)10-12-22)36-26(27(40)34-14-6-16-39(2,3)4)28(41)37(19)23-8-5-7-21(17-23)29(30,31)32;/h5,7-13,15,17H,6,14,16H2,1-4H3;1H. The molecule has 220 valence electrons. The molecule has 9 nitrogen and oxygen atoms in total. The Morgan fingerprint density at radius 2 is 1.76 bits per heavy atom. The maximum Gasteiger partial charge on any atom is 0.416 e. The first-order chi connectivity index (χ1) is 19.3. The number of hydrogen-bond acceptors (Lipinski definition) is 5. The van der Waals surface area contributed by atoms with E-state index in [0.29, 0.717) is 27.8 Å². The first-order valence-corrected chi connectivity index (χ1v) is 12.7. The van der Waals surface area contributed by atoms with Gasteiger partial charge in [-0.3, -0.25) is 14.2 Å². The van der Waals surface area contributed by atoms with Gasteiger partial charge in [0, 0.05) is 18.7 Å². The van der Waals surface area contributed by atoms with Gasteiger partial charge in [0.05, 0.1) is 68.2 Å². The van der Waals surface area contributed by atoms with E-state index in [4.69, 9.17) is 5.26 Å². The second-order valence-electron chi connectivity index (χ2n) is 10.5. The van der Waals surface area contributed by atoms with E-state index in [0.717, 1.165) is 23.2 Å². The summed E-state index contributed by atoms with van der Waals surface area (Å²) < 4.78 is 43.9. The first kappa shape index (κ1) is 32.5. The fourth-order valence-corrected chi connectivity index (χ4v) is 4.33. The van der Waals surface area contributed by atoms with Crippen LogP contribution in [0.2, 0.25) is 0 Å². The highest BCUT2D eigenvalue weighted by atomic mass is 127. The smallest absolute Gasteiger partial charge is 0.416 e. The molecule has 0 saturated heterocycles. The summed E-state index contributed by atoms with van der Waals surface area (Å²) in [6.45, 7) is 2.60. The van der Waals surface area contributed by atoms with Crippen molar-refractivity contribution in [1.29, 1.82) is 5.26 Å². The Morgan fingerprint density at radius 1 is 1.07 bits per heavy atom. The number of rotatable bonds is 8. The average Bonchev–Trinajstić information content (AvgIpc) is 3.40. The van der Waals surface area contributed by atoms with Crippen LogP contribution in [0.3, 0.4) is 0 Å². The van der Waals surface area contributed by atoms with Gasteiger partial charge in [0.25, 0.3) is 11.5 Å². The Morgan fingerprint density at radius 3 is 2.38 bits per heavy atom. The number of carbonyl (C=O) groups is 1. The van der Waals surface area contributed by atoms with Gasteiger partial charge >= 0.3 is 6.18 Å². The lowest BCUT2D eigenvalue weighted by atomic mass is 10.1. The van der Waals surface area contributed by atoms with Crippen LogP contribution in [0.1, 0.15) is 33.7 Å². The quantitative estimate of drug-likeness (QED) is 0.170. The van der Waals surface area contributed by atoms with E-state index in [2.05, 4.69) is 15.4 Å². The van der Waals surface area contributed by atoms with Crippen molar-refractivity contribution in [3.05, 3.63) is 93.7 Å². The van der Waals surface area contributed by atoms with E-state index in [9.17, 15) is 22.8 Å². The van der Waals surface area contributed by atoms with Crippen molar-refractivity contribution < 1.29 is 46.4 Å². The van der Waals surface area contributed by atoms with Crippen molar-refractivity contribution in [3.63, 3.8) is 0 Å². The van der Waals surface area contributed by atoms with Crippen molar-refractivity contribution in [3.8, 4) is 28.8 Å². The van der Waals surface area contributed by atoms with Crippen LogP contribution in [0.25, 0.3) is 22.8 Å². The Labute approximate surface area is 257 Å². The summed E-state index contributed by atoms with van der Waals surface area (Å²) in [4.78, 5) is 31.3. The Balaban J connectivity index is 0.00000484. The van der Waals surface area contributed by atoms with Crippen LogP contribution >= 0.6 is 0 Å². The molecule has 0 aliphatic rings. The molecular formula is C29H29F3IN7O2. The van der Waals surface area contributed by atoms with E-state index in [1.54, 1.807) is 37.3 Å². The molecule has 0 aliphatic heterocycles. The molecule has 42 heavy (non-hydrogen) atoms. The van der Waals surface area contributed by atoms with Crippen molar-refractivity contribution in [1.82, 2.24) is 24.6 Å². The van der Waals surface area contributed by atoms with Gasteiger partial charge in [0.15, 0.2) is 5.69 Å². The molecule has 0 spiro atoms. The zero-order valence-corrected chi connectivity index (χ0v) is 25.6. The number of benzene rings is 2. The third kappa shape index (κ3) is 7.24. The summed E-state index contributed by atoms with van der Waals surface area (Å²) in [5.41, 5.74) is -0.492.